The van der Waals surface area contributed by atoms with Gasteiger partial charge in [-0.25, -0.2) is 0 Å². The van der Waals surface area contributed by atoms with Gasteiger partial charge in [-0.1, -0.05) is 0 Å². The third kappa shape index (κ3) is 3.85. The first-order valence-electron chi connectivity index (χ1n) is 7.65. The number of thioether (sulfide) groups is 1. The number of nitrogens with zero attached hydrogens (tertiary/aromatic N) is 2. The molecule has 1 atom stereocenters. The number of rotatable bonds is 5. The minimum absolute atomic E-state index is 0.0642. The van der Waals surface area contributed by atoms with Crippen LogP contribution in [0.15, 0.2) is 42.7 Å². The van der Waals surface area contributed by atoms with Crippen molar-refractivity contribution >= 4 is 17.7 Å². The van der Waals surface area contributed by atoms with Crippen LogP contribution >= 0.6 is 11.8 Å². The highest BCUT2D eigenvalue weighted by atomic mass is 32.2. The van der Waals surface area contributed by atoms with Crippen LogP contribution < -0.4 is 0 Å². The fraction of sp³-hybridized carbons (Fsp3) is 0.353. The van der Waals surface area contributed by atoms with Crippen LogP contribution in [-0.2, 0) is 15.7 Å². The van der Waals surface area contributed by atoms with Crippen LogP contribution in [-0.4, -0.2) is 41.4 Å². The van der Waals surface area contributed by atoms with Crippen LogP contribution in [0.25, 0.3) is 5.69 Å². The zero-order chi connectivity index (χ0) is 18.0. The van der Waals surface area contributed by atoms with E-state index in [2.05, 4.69) is 0 Å². The van der Waals surface area contributed by atoms with Crippen molar-refractivity contribution in [2.45, 2.75) is 11.6 Å². The summed E-state index contributed by atoms with van der Waals surface area (Å²) in [7, 11) is 1.59. The fourth-order valence-corrected chi connectivity index (χ4v) is 3.90. The van der Waals surface area contributed by atoms with E-state index >= 15 is 0 Å². The van der Waals surface area contributed by atoms with E-state index in [1.807, 2.05) is 12.3 Å². The van der Waals surface area contributed by atoms with Crippen molar-refractivity contribution in [3.05, 3.63) is 53.9 Å². The average Bonchev–Trinajstić information content (AvgIpc) is 3.19. The number of carbonyl (C=O) groups is 1. The number of aromatic nitrogens is 1. The predicted octanol–water partition coefficient (Wildman–Crippen LogP) is 3.72. The van der Waals surface area contributed by atoms with E-state index in [9.17, 15) is 18.0 Å². The molecule has 0 N–H and O–H groups in total. The van der Waals surface area contributed by atoms with Crippen molar-refractivity contribution in [1.29, 1.82) is 0 Å². The smallest absolute Gasteiger partial charge is 0.383 e. The Morgan fingerprint density at radius 2 is 1.96 bits per heavy atom. The Hall–Kier alpha value is -1.93. The zero-order valence-electron chi connectivity index (χ0n) is 13.5. The molecule has 2 heterocycles. The summed E-state index contributed by atoms with van der Waals surface area (Å²) in [5.74, 6) is 0.481. The van der Waals surface area contributed by atoms with Gasteiger partial charge in [0.1, 0.15) is 5.37 Å². The Morgan fingerprint density at radius 3 is 2.60 bits per heavy atom. The molecule has 0 unspecified atom stereocenters. The Balaban J connectivity index is 1.79. The van der Waals surface area contributed by atoms with Crippen molar-refractivity contribution < 1.29 is 22.7 Å². The van der Waals surface area contributed by atoms with Gasteiger partial charge in [0.15, 0.2) is 0 Å². The summed E-state index contributed by atoms with van der Waals surface area (Å²) in [5.41, 5.74) is 0.898. The zero-order valence-corrected chi connectivity index (χ0v) is 14.3. The molecule has 1 aromatic carbocycles. The molecule has 8 heteroatoms. The number of amides is 1. The van der Waals surface area contributed by atoms with Crippen molar-refractivity contribution in [3.63, 3.8) is 0 Å². The lowest BCUT2D eigenvalue weighted by Crippen LogP contribution is -2.31. The molecule has 0 saturated carbocycles. The molecule has 1 saturated heterocycles. The Kier molecular flexibility index (Phi) is 5.10. The second-order valence-electron chi connectivity index (χ2n) is 5.64. The summed E-state index contributed by atoms with van der Waals surface area (Å²) in [6.45, 7) is 0.973. The van der Waals surface area contributed by atoms with Gasteiger partial charge in [0.05, 0.1) is 17.9 Å². The normalized spacial score (nSPS) is 18.2. The summed E-state index contributed by atoms with van der Waals surface area (Å²) >= 11 is 1.54. The maximum atomic E-state index is 12.7. The number of carbonyl (C=O) groups excluding carboxylic acids is 1. The van der Waals surface area contributed by atoms with E-state index in [-0.39, 0.29) is 11.3 Å². The Bertz CT molecular complexity index is 743. The van der Waals surface area contributed by atoms with E-state index in [4.69, 9.17) is 4.74 Å². The summed E-state index contributed by atoms with van der Waals surface area (Å²) in [5, 5.41) is -0.0988. The lowest BCUT2D eigenvalue weighted by Gasteiger charge is -2.22. The molecule has 1 amide bonds. The molecule has 1 fully saturated rings. The summed E-state index contributed by atoms with van der Waals surface area (Å²) in [6.07, 6.45) is -0.711. The van der Waals surface area contributed by atoms with E-state index in [1.54, 1.807) is 22.8 Å². The molecule has 134 valence electrons. The second-order valence-corrected chi connectivity index (χ2v) is 6.71. The highest BCUT2D eigenvalue weighted by Crippen LogP contribution is 2.39. The monoisotopic (exact) mass is 370 g/mol. The third-order valence-electron chi connectivity index (χ3n) is 4.00. The van der Waals surface area contributed by atoms with Crippen LogP contribution in [0.3, 0.4) is 0 Å². The maximum Gasteiger partial charge on any atom is 0.416 e. The predicted molar refractivity (Wildman–Crippen MR) is 89.6 cm³/mol. The van der Waals surface area contributed by atoms with Gasteiger partial charge in [0.2, 0.25) is 5.91 Å². The maximum absolute atomic E-state index is 12.7. The Labute approximate surface area is 147 Å². The van der Waals surface area contributed by atoms with E-state index < -0.39 is 11.7 Å². The summed E-state index contributed by atoms with van der Waals surface area (Å²) < 4.78 is 44.8. The van der Waals surface area contributed by atoms with Crippen molar-refractivity contribution in [2.24, 2.45) is 0 Å². The van der Waals surface area contributed by atoms with E-state index in [0.29, 0.717) is 24.6 Å². The third-order valence-corrected chi connectivity index (χ3v) is 5.25. The van der Waals surface area contributed by atoms with Gasteiger partial charge in [-0.05, 0) is 30.3 Å². The standard InChI is InChI=1S/C17H17F3N2O2S/c1-24-9-8-22-15(23)11-25-16(22)12-6-7-21(10-12)14-4-2-13(3-5-14)17(18,19)20/h2-7,10,16H,8-9,11H2,1H3/t16-/m0/s1. The topological polar surface area (TPSA) is 34.5 Å². The summed E-state index contributed by atoms with van der Waals surface area (Å²) in [6, 6.07) is 6.87. The van der Waals surface area contributed by atoms with Gasteiger partial charge in [-0.3, -0.25) is 4.79 Å². The molecule has 1 aromatic heterocycles. The molecular weight excluding hydrogens is 353 g/mol. The molecule has 1 aliphatic heterocycles. The second kappa shape index (κ2) is 7.13. The molecule has 2 aromatic rings. The lowest BCUT2D eigenvalue weighted by atomic mass is 10.2. The highest BCUT2D eigenvalue weighted by molar-refractivity contribution is 8.00. The molecule has 0 aliphatic carbocycles. The first-order chi connectivity index (χ1) is 11.9. The van der Waals surface area contributed by atoms with Crippen LogP contribution in [0, 0.1) is 0 Å². The SMILES string of the molecule is COCCN1C(=O)CS[C@H]1c1ccn(-c2ccc(C(F)(F)F)cc2)c1. The molecular formula is C17H17F3N2O2S. The molecule has 0 radical (unpaired) electrons. The number of ether oxygens (including phenoxy) is 1. The van der Waals surface area contributed by atoms with E-state index in [0.717, 1.165) is 17.7 Å². The van der Waals surface area contributed by atoms with Gasteiger partial charge in [0.25, 0.3) is 0 Å². The van der Waals surface area contributed by atoms with Crippen molar-refractivity contribution in [1.82, 2.24) is 9.47 Å². The number of methoxy groups -OCH3 is 1. The first kappa shape index (κ1) is 17.9. The van der Waals surface area contributed by atoms with Gasteiger partial charge >= 0.3 is 6.18 Å². The number of hydrogen-bond donors (Lipinski definition) is 0. The summed E-state index contributed by atoms with van der Waals surface area (Å²) in [4.78, 5) is 13.8. The lowest BCUT2D eigenvalue weighted by molar-refractivity contribution is -0.137. The molecule has 0 bridgehead atoms. The number of halogens is 3. The van der Waals surface area contributed by atoms with Crippen molar-refractivity contribution in [3.8, 4) is 5.69 Å². The first-order valence-corrected chi connectivity index (χ1v) is 8.70. The largest absolute Gasteiger partial charge is 0.416 e. The van der Waals surface area contributed by atoms with Gasteiger partial charge < -0.3 is 14.2 Å². The van der Waals surface area contributed by atoms with Crippen LogP contribution in [0.2, 0.25) is 0 Å². The molecule has 25 heavy (non-hydrogen) atoms. The van der Waals surface area contributed by atoms with Gasteiger partial charge in [-0.15, -0.1) is 11.8 Å². The quantitative estimate of drug-likeness (QED) is 0.805. The van der Waals surface area contributed by atoms with E-state index in [1.165, 1.54) is 23.9 Å². The van der Waals surface area contributed by atoms with Crippen LogP contribution in [0.4, 0.5) is 13.2 Å². The minimum Gasteiger partial charge on any atom is -0.383 e. The van der Waals surface area contributed by atoms with Gasteiger partial charge in [-0.2, -0.15) is 13.2 Å². The van der Waals surface area contributed by atoms with Crippen molar-refractivity contribution in [2.75, 3.05) is 26.0 Å². The van der Waals surface area contributed by atoms with Crippen LogP contribution in [0.5, 0.6) is 0 Å². The number of benzene rings is 1. The van der Waals surface area contributed by atoms with Crippen LogP contribution in [0.1, 0.15) is 16.5 Å². The number of hydrogen-bond acceptors (Lipinski definition) is 3. The minimum atomic E-state index is -4.34. The molecule has 0 spiro atoms. The number of alkyl halides is 3. The highest BCUT2D eigenvalue weighted by Gasteiger charge is 2.33. The molecule has 4 nitrogen and oxygen atoms in total. The fourth-order valence-electron chi connectivity index (χ4n) is 2.70. The molecule has 1 aliphatic rings. The average molecular weight is 370 g/mol. The Morgan fingerprint density at radius 1 is 1.24 bits per heavy atom. The molecule has 3 rings (SSSR count). The van der Waals surface area contributed by atoms with Gasteiger partial charge in [0, 0.05) is 37.3 Å².